The lowest BCUT2D eigenvalue weighted by atomic mass is 9.92. The molecule has 2 N–H and O–H groups in total. The summed E-state index contributed by atoms with van der Waals surface area (Å²) in [5.41, 5.74) is 7.41. The number of nitrogens with zero attached hydrogens (tertiary/aromatic N) is 5. The van der Waals surface area contributed by atoms with Crippen molar-refractivity contribution < 1.29 is 9.47 Å². The number of rotatable bonds is 10. The number of imidazole rings is 1. The fourth-order valence-electron chi connectivity index (χ4n) is 4.17. The van der Waals surface area contributed by atoms with E-state index in [0.717, 1.165) is 38.3 Å². The van der Waals surface area contributed by atoms with Gasteiger partial charge in [-0.05, 0) is 64.6 Å². The summed E-state index contributed by atoms with van der Waals surface area (Å²) in [5.74, 6) is 1.13. The number of aromatic nitrogens is 4. The van der Waals surface area contributed by atoms with Gasteiger partial charge in [0.1, 0.15) is 0 Å². The molecule has 0 radical (unpaired) electrons. The van der Waals surface area contributed by atoms with Gasteiger partial charge in [-0.2, -0.15) is 15.0 Å². The number of hydrogen-bond donors (Lipinski definition) is 1. The summed E-state index contributed by atoms with van der Waals surface area (Å²) in [5, 5.41) is 0. The molecule has 1 unspecified atom stereocenters. The second kappa shape index (κ2) is 10.1. The van der Waals surface area contributed by atoms with E-state index in [9.17, 15) is 0 Å². The predicted molar refractivity (Wildman–Crippen MR) is 115 cm³/mol. The number of anilines is 1. The molecule has 0 spiro atoms. The highest BCUT2D eigenvalue weighted by molar-refractivity contribution is 5.83. The lowest BCUT2D eigenvalue weighted by Gasteiger charge is -2.31. The van der Waals surface area contributed by atoms with Crippen molar-refractivity contribution in [2.45, 2.75) is 71.9 Å². The molecular weight excluding hydrogens is 368 g/mol. The lowest BCUT2D eigenvalue weighted by molar-refractivity contribution is 0.184. The van der Waals surface area contributed by atoms with Crippen LogP contribution in [0.1, 0.15) is 59.3 Å². The van der Waals surface area contributed by atoms with E-state index in [1.165, 1.54) is 32.4 Å². The fraction of sp³-hybridized carbons (Fsp3) is 0.762. The summed E-state index contributed by atoms with van der Waals surface area (Å²) in [6.07, 6.45) is 6.88. The zero-order valence-electron chi connectivity index (χ0n) is 18.4. The first kappa shape index (κ1) is 21.6. The molecule has 1 saturated heterocycles. The van der Waals surface area contributed by atoms with Crippen LogP contribution in [0.15, 0.2) is 0 Å². The minimum absolute atomic E-state index is 0.0455. The summed E-state index contributed by atoms with van der Waals surface area (Å²) in [4.78, 5) is 15.9. The van der Waals surface area contributed by atoms with Crippen LogP contribution < -0.4 is 15.2 Å². The Labute approximate surface area is 173 Å². The quantitative estimate of drug-likeness (QED) is 0.648. The summed E-state index contributed by atoms with van der Waals surface area (Å²) < 4.78 is 13.4. The van der Waals surface area contributed by atoms with E-state index < -0.39 is 0 Å². The van der Waals surface area contributed by atoms with E-state index in [4.69, 9.17) is 15.2 Å². The first-order valence-corrected chi connectivity index (χ1v) is 11.0. The minimum Gasteiger partial charge on any atom is -0.468 e. The zero-order chi connectivity index (χ0) is 20.8. The van der Waals surface area contributed by atoms with E-state index in [1.807, 2.05) is 11.5 Å². The molecular formula is C21H36N6O2. The highest BCUT2D eigenvalue weighted by Crippen LogP contribution is 2.28. The average molecular weight is 405 g/mol. The van der Waals surface area contributed by atoms with Gasteiger partial charge in [0.05, 0.1) is 13.2 Å². The summed E-state index contributed by atoms with van der Waals surface area (Å²) in [6.45, 7) is 10.8. The van der Waals surface area contributed by atoms with Crippen molar-refractivity contribution in [1.82, 2.24) is 24.4 Å². The van der Waals surface area contributed by atoms with Gasteiger partial charge in [-0.3, -0.25) is 4.57 Å². The summed E-state index contributed by atoms with van der Waals surface area (Å²) in [7, 11) is 1.63. The Hall–Kier alpha value is -2.09. The van der Waals surface area contributed by atoms with Crippen LogP contribution in [0, 0.1) is 5.92 Å². The van der Waals surface area contributed by atoms with Crippen molar-refractivity contribution >= 4 is 17.0 Å². The van der Waals surface area contributed by atoms with Crippen molar-refractivity contribution in [1.29, 1.82) is 0 Å². The van der Waals surface area contributed by atoms with Crippen LogP contribution in [0.4, 0.5) is 5.82 Å². The van der Waals surface area contributed by atoms with Gasteiger partial charge in [0.25, 0.3) is 6.01 Å². The zero-order valence-corrected chi connectivity index (χ0v) is 18.4. The monoisotopic (exact) mass is 404 g/mol. The van der Waals surface area contributed by atoms with Crippen LogP contribution in [-0.4, -0.2) is 57.3 Å². The Bertz CT molecular complexity index is 785. The second-order valence-corrected chi connectivity index (χ2v) is 8.05. The largest absolute Gasteiger partial charge is 0.468 e. The van der Waals surface area contributed by atoms with Crippen molar-refractivity contribution in [2.75, 3.05) is 32.5 Å². The van der Waals surface area contributed by atoms with Crippen molar-refractivity contribution in [3.05, 3.63) is 0 Å². The molecule has 1 atom stereocenters. The maximum Gasteiger partial charge on any atom is 0.320 e. The van der Waals surface area contributed by atoms with Gasteiger partial charge in [-0.1, -0.05) is 20.3 Å². The molecule has 8 nitrogen and oxygen atoms in total. The van der Waals surface area contributed by atoms with Gasteiger partial charge in [-0.15, -0.1) is 0 Å². The first-order valence-electron chi connectivity index (χ1n) is 11.0. The Morgan fingerprint density at radius 2 is 1.93 bits per heavy atom. The van der Waals surface area contributed by atoms with Crippen LogP contribution in [0.2, 0.25) is 0 Å². The van der Waals surface area contributed by atoms with Gasteiger partial charge < -0.3 is 20.1 Å². The number of ether oxygens (including phenoxy) is 2. The predicted octanol–water partition coefficient (Wildman–Crippen LogP) is 3.50. The van der Waals surface area contributed by atoms with Gasteiger partial charge >= 0.3 is 6.01 Å². The SMILES string of the molecule is CCCC(C)Oc1nc(N)c2nc(OC)n(CCCC3CCN(CC)CC3)c2n1. The van der Waals surface area contributed by atoms with E-state index in [0.29, 0.717) is 29.0 Å². The third kappa shape index (κ3) is 5.29. The second-order valence-electron chi connectivity index (χ2n) is 8.05. The van der Waals surface area contributed by atoms with Crippen LogP contribution in [-0.2, 0) is 6.54 Å². The lowest BCUT2D eigenvalue weighted by Crippen LogP contribution is -2.33. The molecule has 3 heterocycles. The highest BCUT2D eigenvalue weighted by Gasteiger charge is 2.21. The van der Waals surface area contributed by atoms with Crippen LogP contribution in [0.3, 0.4) is 0 Å². The van der Waals surface area contributed by atoms with Crippen LogP contribution in [0.25, 0.3) is 11.2 Å². The molecule has 29 heavy (non-hydrogen) atoms. The van der Waals surface area contributed by atoms with Gasteiger partial charge in [0, 0.05) is 6.54 Å². The van der Waals surface area contributed by atoms with E-state index in [-0.39, 0.29) is 6.10 Å². The standard InChI is InChI=1S/C21H36N6O2/c1-5-8-15(3)29-20-24-18(22)17-19(25-20)27(21(23-17)28-4)12-7-9-16-10-13-26(6-2)14-11-16/h15-16H,5-14H2,1-4H3,(H2,22,24,25). The van der Waals surface area contributed by atoms with Crippen molar-refractivity contribution in [3.63, 3.8) is 0 Å². The molecule has 0 aliphatic carbocycles. The maximum absolute atomic E-state index is 6.15. The molecule has 3 rings (SSSR count). The van der Waals surface area contributed by atoms with Gasteiger partial charge in [-0.25, -0.2) is 0 Å². The van der Waals surface area contributed by atoms with E-state index in [1.54, 1.807) is 7.11 Å². The van der Waals surface area contributed by atoms with E-state index in [2.05, 4.69) is 33.7 Å². The van der Waals surface area contributed by atoms with Gasteiger partial charge in [0.2, 0.25) is 0 Å². The molecule has 1 aliphatic heterocycles. The molecule has 0 bridgehead atoms. The number of methoxy groups -OCH3 is 1. The summed E-state index contributed by atoms with van der Waals surface area (Å²) >= 11 is 0. The Balaban J connectivity index is 1.71. The summed E-state index contributed by atoms with van der Waals surface area (Å²) in [6, 6.07) is 0.840. The molecule has 1 fully saturated rings. The topological polar surface area (TPSA) is 91.3 Å². The molecule has 0 amide bonds. The molecule has 0 aromatic carbocycles. The number of nitrogen functional groups attached to an aromatic ring is 1. The number of likely N-dealkylation sites (tertiary alicyclic amines) is 1. The first-order chi connectivity index (χ1) is 14.0. The number of hydrogen-bond acceptors (Lipinski definition) is 7. The van der Waals surface area contributed by atoms with Crippen molar-refractivity contribution in [3.8, 4) is 12.0 Å². The van der Waals surface area contributed by atoms with E-state index >= 15 is 0 Å². The number of fused-ring (bicyclic) bond motifs is 1. The third-order valence-electron chi connectivity index (χ3n) is 5.90. The number of aryl methyl sites for hydroxylation is 1. The molecule has 2 aromatic heterocycles. The molecule has 162 valence electrons. The van der Waals surface area contributed by atoms with Crippen LogP contribution in [0.5, 0.6) is 12.0 Å². The minimum atomic E-state index is 0.0455. The number of nitrogens with two attached hydrogens (primary N) is 1. The Morgan fingerprint density at radius 1 is 1.17 bits per heavy atom. The third-order valence-corrected chi connectivity index (χ3v) is 5.90. The van der Waals surface area contributed by atoms with Crippen LogP contribution >= 0.6 is 0 Å². The Morgan fingerprint density at radius 3 is 2.59 bits per heavy atom. The molecule has 0 saturated carbocycles. The number of piperidine rings is 1. The fourth-order valence-corrected chi connectivity index (χ4v) is 4.17. The maximum atomic E-state index is 6.15. The average Bonchev–Trinajstić information content (AvgIpc) is 3.07. The smallest absolute Gasteiger partial charge is 0.320 e. The normalized spacial score (nSPS) is 17.0. The molecule has 8 heteroatoms. The van der Waals surface area contributed by atoms with Crippen molar-refractivity contribution in [2.24, 2.45) is 5.92 Å². The Kier molecular flexibility index (Phi) is 7.52. The van der Waals surface area contributed by atoms with Gasteiger partial charge in [0.15, 0.2) is 17.0 Å². The molecule has 1 aliphatic rings. The molecule has 2 aromatic rings. The highest BCUT2D eigenvalue weighted by atomic mass is 16.5.